The van der Waals surface area contributed by atoms with Gasteiger partial charge in [-0.15, -0.1) is 0 Å². The van der Waals surface area contributed by atoms with Crippen molar-refractivity contribution < 1.29 is 9.84 Å². The summed E-state index contributed by atoms with van der Waals surface area (Å²) < 4.78 is 7.35. The molecule has 2 aromatic rings. The summed E-state index contributed by atoms with van der Waals surface area (Å²) in [6, 6.07) is 8.98. The quantitative estimate of drug-likeness (QED) is 0.812. The van der Waals surface area contributed by atoms with Gasteiger partial charge < -0.3 is 15.2 Å². The van der Waals surface area contributed by atoms with E-state index in [1.54, 1.807) is 24.3 Å². The Morgan fingerprint density at radius 1 is 1.39 bits per heavy atom. The van der Waals surface area contributed by atoms with Gasteiger partial charge in [0.15, 0.2) is 0 Å². The number of nitrogens with zero attached hydrogens (tertiary/aromatic N) is 3. The van der Waals surface area contributed by atoms with E-state index in [-0.39, 0.29) is 12.6 Å². The molecule has 0 amide bonds. The van der Waals surface area contributed by atoms with E-state index in [0.29, 0.717) is 17.9 Å². The van der Waals surface area contributed by atoms with Gasteiger partial charge in [0.1, 0.15) is 18.5 Å². The second kappa shape index (κ2) is 7.77. The molecule has 23 heavy (non-hydrogen) atoms. The molecule has 0 saturated carbocycles. The van der Waals surface area contributed by atoms with Crippen LogP contribution >= 0.6 is 0 Å². The molecule has 6 nitrogen and oxygen atoms in total. The number of aryl methyl sites for hydroxylation is 1. The van der Waals surface area contributed by atoms with Crippen LogP contribution in [0.3, 0.4) is 0 Å². The summed E-state index contributed by atoms with van der Waals surface area (Å²) in [6.45, 7) is 4.67. The highest BCUT2D eigenvalue weighted by Gasteiger charge is 2.13. The van der Waals surface area contributed by atoms with Gasteiger partial charge in [-0.05, 0) is 38.1 Å². The lowest BCUT2D eigenvalue weighted by molar-refractivity contribution is 0.104. The Labute approximate surface area is 136 Å². The van der Waals surface area contributed by atoms with Crippen LogP contribution in [0.1, 0.15) is 29.8 Å². The molecule has 122 valence electrons. The van der Waals surface area contributed by atoms with Crippen LogP contribution in [-0.2, 0) is 7.05 Å². The van der Waals surface area contributed by atoms with Crippen molar-refractivity contribution in [2.45, 2.75) is 26.0 Å². The van der Waals surface area contributed by atoms with Crippen molar-refractivity contribution in [3.8, 4) is 11.8 Å². The number of rotatable bonds is 7. The van der Waals surface area contributed by atoms with E-state index < -0.39 is 6.10 Å². The molecule has 0 aliphatic heterocycles. The van der Waals surface area contributed by atoms with Gasteiger partial charge in [0.05, 0.1) is 17.8 Å². The Bertz CT molecular complexity index is 673. The highest BCUT2D eigenvalue weighted by atomic mass is 16.5. The molecule has 1 heterocycles. The van der Waals surface area contributed by atoms with Crippen molar-refractivity contribution in [2.24, 2.45) is 7.05 Å². The topological polar surface area (TPSA) is 83.1 Å². The predicted octanol–water partition coefficient (Wildman–Crippen LogP) is 1.69. The molecular formula is C17H22N4O2. The van der Waals surface area contributed by atoms with Gasteiger partial charge in [-0.1, -0.05) is 0 Å². The van der Waals surface area contributed by atoms with E-state index in [4.69, 9.17) is 10.00 Å². The molecule has 0 aliphatic carbocycles. The van der Waals surface area contributed by atoms with Crippen LogP contribution in [0, 0.1) is 18.3 Å². The lowest BCUT2D eigenvalue weighted by Gasteiger charge is -2.17. The highest BCUT2D eigenvalue weighted by molar-refractivity contribution is 5.34. The summed E-state index contributed by atoms with van der Waals surface area (Å²) in [7, 11) is 1.91. The van der Waals surface area contributed by atoms with Crippen molar-refractivity contribution in [3.05, 3.63) is 47.3 Å². The summed E-state index contributed by atoms with van der Waals surface area (Å²) in [5, 5.41) is 26.3. The van der Waals surface area contributed by atoms with Gasteiger partial charge in [0, 0.05) is 30.9 Å². The zero-order valence-electron chi connectivity index (χ0n) is 13.7. The Hall–Kier alpha value is -2.36. The molecular weight excluding hydrogens is 292 g/mol. The molecule has 0 spiro atoms. The predicted molar refractivity (Wildman–Crippen MR) is 87.0 cm³/mol. The van der Waals surface area contributed by atoms with Gasteiger partial charge in [-0.2, -0.15) is 10.4 Å². The van der Waals surface area contributed by atoms with Crippen LogP contribution in [0.25, 0.3) is 0 Å². The molecule has 6 heteroatoms. The summed E-state index contributed by atoms with van der Waals surface area (Å²) in [6.07, 6.45) is 1.22. The minimum absolute atomic E-state index is 0.105. The van der Waals surface area contributed by atoms with Crippen LogP contribution in [0.15, 0.2) is 30.5 Å². The first-order chi connectivity index (χ1) is 11.0. The monoisotopic (exact) mass is 314 g/mol. The summed E-state index contributed by atoms with van der Waals surface area (Å²) >= 11 is 0. The number of nitrogens with one attached hydrogen (secondary N) is 1. The molecule has 2 N–H and O–H groups in total. The Morgan fingerprint density at radius 2 is 2.09 bits per heavy atom. The SMILES string of the molecule is Cc1c(C(C)NCC(O)COc2ccc(C#N)cc2)cnn1C. The molecule has 2 rings (SSSR count). The van der Waals surface area contributed by atoms with E-state index in [1.807, 2.05) is 31.8 Å². The lowest BCUT2D eigenvalue weighted by Crippen LogP contribution is -2.33. The van der Waals surface area contributed by atoms with E-state index in [1.165, 1.54) is 0 Å². The minimum Gasteiger partial charge on any atom is -0.491 e. The number of hydrogen-bond acceptors (Lipinski definition) is 5. The maximum atomic E-state index is 10.0. The average Bonchev–Trinajstić information content (AvgIpc) is 2.90. The smallest absolute Gasteiger partial charge is 0.119 e. The van der Waals surface area contributed by atoms with Gasteiger partial charge in [0.2, 0.25) is 0 Å². The van der Waals surface area contributed by atoms with Crippen molar-refractivity contribution in [2.75, 3.05) is 13.2 Å². The van der Waals surface area contributed by atoms with E-state index >= 15 is 0 Å². The summed E-state index contributed by atoms with van der Waals surface area (Å²) in [5.74, 6) is 0.638. The number of ether oxygens (including phenoxy) is 1. The molecule has 0 saturated heterocycles. The second-order valence-electron chi connectivity index (χ2n) is 5.54. The first-order valence-corrected chi connectivity index (χ1v) is 7.54. The first-order valence-electron chi connectivity index (χ1n) is 7.54. The van der Waals surface area contributed by atoms with Crippen molar-refractivity contribution in [1.82, 2.24) is 15.1 Å². The fourth-order valence-electron chi connectivity index (χ4n) is 2.24. The third kappa shape index (κ3) is 4.55. The molecule has 1 aromatic heterocycles. The van der Waals surface area contributed by atoms with Crippen molar-refractivity contribution in [1.29, 1.82) is 5.26 Å². The molecule has 0 aliphatic rings. The van der Waals surface area contributed by atoms with Crippen LogP contribution in [-0.4, -0.2) is 34.1 Å². The van der Waals surface area contributed by atoms with Crippen LogP contribution in [0.4, 0.5) is 0 Å². The lowest BCUT2D eigenvalue weighted by atomic mass is 10.1. The average molecular weight is 314 g/mol. The number of aromatic nitrogens is 2. The molecule has 0 fully saturated rings. The fraction of sp³-hybridized carbons (Fsp3) is 0.412. The van der Waals surface area contributed by atoms with Gasteiger partial charge in [0.25, 0.3) is 0 Å². The molecule has 1 aromatic carbocycles. The standard InChI is InChI=1S/C17H22N4O2/c1-12(17-10-20-21(3)13(17)2)19-9-15(22)11-23-16-6-4-14(8-18)5-7-16/h4-7,10,12,15,19,22H,9,11H2,1-3H3. The Balaban J connectivity index is 1.77. The number of aliphatic hydroxyl groups is 1. The van der Waals surface area contributed by atoms with Gasteiger partial charge in [-0.3, -0.25) is 4.68 Å². The third-order valence-corrected chi connectivity index (χ3v) is 3.83. The largest absolute Gasteiger partial charge is 0.491 e. The van der Waals surface area contributed by atoms with Gasteiger partial charge in [-0.25, -0.2) is 0 Å². The molecule has 2 atom stereocenters. The Kier molecular flexibility index (Phi) is 5.74. The fourth-order valence-corrected chi connectivity index (χ4v) is 2.24. The number of benzene rings is 1. The normalized spacial score (nSPS) is 13.3. The minimum atomic E-state index is -0.620. The summed E-state index contributed by atoms with van der Waals surface area (Å²) in [5.41, 5.74) is 2.81. The number of aliphatic hydroxyl groups excluding tert-OH is 1. The van der Waals surface area contributed by atoms with Crippen LogP contribution in [0.5, 0.6) is 5.75 Å². The van der Waals surface area contributed by atoms with E-state index in [0.717, 1.165) is 11.3 Å². The highest BCUT2D eigenvalue weighted by Crippen LogP contribution is 2.16. The van der Waals surface area contributed by atoms with E-state index in [2.05, 4.69) is 16.5 Å². The molecule has 2 unspecified atom stereocenters. The Morgan fingerprint density at radius 3 is 2.65 bits per heavy atom. The maximum Gasteiger partial charge on any atom is 0.119 e. The van der Waals surface area contributed by atoms with Crippen LogP contribution in [0.2, 0.25) is 0 Å². The second-order valence-corrected chi connectivity index (χ2v) is 5.54. The summed E-state index contributed by atoms with van der Waals surface area (Å²) in [4.78, 5) is 0. The first kappa shape index (κ1) is 17.0. The van der Waals surface area contributed by atoms with Gasteiger partial charge >= 0.3 is 0 Å². The zero-order valence-corrected chi connectivity index (χ0v) is 13.7. The molecule has 0 bridgehead atoms. The third-order valence-electron chi connectivity index (χ3n) is 3.83. The van der Waals surface area contributed by atoms with E-state index in [9.17, 15) is 5.11 Å². The van der Waals surface area contributed by atoms with Crippen molar-refractivity contribution >= 4 is 0 Å². The van der Waals surface area contributed by atoms with Crippen molar-refractivity contribution in [3.63, 3.8) is 0 Å². The van der Waals surface area contributed by atoms with Crippen LogP contribution < -0.4 is 10.1 Å². The zero-order chi connectivity index (χ0) is 16.8. The maximum absolute atomic E-state index is 10.0. The molecule has 0 radical (unpaired) electrons. The number of nitriles is 1. The number of hydrogen-bond donors (Lipinski definition) is 2.